The lowest BCUT2D eigenvalue weighted by molar-refractivity contribution is 0.0750. The fraction of sp³-hybridized carbons (Fsp3) is 0.294. The maximum atomic E-state index is 12.6. The first-order valence-electron chi connectivity index (χ1n) is 7.09. The van der Waals surface area contributed by atoms with Crippen LogP contribution in [0.4, 0.5) is 5.69 Å². The molecule has 21 heavy (non-hydrogen) atoms. The summed E-state index contributed by atoms with van der Waals surface area (Å²) in [5.41, 5.74) is 9.98. The van der Waals surface area contributed by atoms with Crippen molar-refractivity contribution in [3.05, 3.63) is 58.9 Å². The number of nitrogens with zero attached hydrogens (tertiary/aromatic N) is 2. The minimum absolute atomic E-state index is 0.0208. The monoisotopic (exact) mass is 283 g/mol. The molecule has 1 aromatic carbocycles. The number of amides is 1. The van der Waals surface area contributed by atoms with Crippen LogP contribution in [0.1, 0.15) is 34.2 Å². The summed E-state index contributed by atoms with van der Waals surface area (Å²) in [6.45, 7) is 6.97. The number of anilines is 1. The van der Waals surface area contributed by atoms with E-state index < -0.39 is 0 Å². The van der Waals surface area contributed by atoms with E-state index in [0.717, 1.165) is 17.0 Å². The Morgan fingerprint density at radius 3 is 2.62 bits per heavy atom. The SMILES string of the molecule is CCN(Cc1cccc(C)n1)C(=O)c1ccc(C)c(N)c1. The molecule has 0 spiro atoms. The number of aromatic nitrogens is 1. The van der Waals surface area contributed by atoms with Crippen LogP contribution in [0.5, 0.6) is 0 Å². The van der Waals surface area contributed by atoms with Gasteiger partial charge in [0.25, 0.3) is 5.91 Å². The van der Waals surface area contributed by atoms with Crippen molar-refractivity contribution in [2.45, 2.75) is 27.3 Å². The van der Waals surface area contributed by atoms with Crippen molar-refractivity contribution in [3.63, 3.8) is 0 Å². The number of carbonyl (C=O) groups is 1. The molecule has 1 aromatic heterocycles. The Labute approximate surface area is 125 Å². The molecule has 0 radical (unpaired) electrons. The van der Waals surface area contributed by atoms with Gasteiger partial charge in [-0.2, -0.15) is 0 Å². The number of pyridine rings is 1. The van der Waals surface area contributed by atoms with Crippen molar-refractivity contribution < 1.29 is 4.79 Å². The zero-order valence-electron chi connectivity index (χ0n) is 12.8. The molecule has 4 heteroatoms. The van der Waals surface area contributed by atoms with Crippen LogP contribution in [0.25, 0.3) is 0 Å². The highest BCUT2D eigenvalue weighted by Gasteiger charge is 2.15. The molecular weight excluding hydrogens is 262 g/mol. The van der Waals surface area contributed by atoms with Crippen LogP contribution in [-0.4, -0.2) is 22.3 Å². The maximum absolute atomic E-state index is 12.6. The summed E-state index contributed by atoms with van der Waals surface area (Å²) < 4.78 is 0. The third-order valence-corrected chi connectivity index (χ3v) is 3.49. The lowest BCUT2D eigenvalue weighted by Gasteiger charge is -2.21. The van der Waals surface area contributed by atoms with Gasteiger partial charge in [-0.1, -0.05) is 12.1 Å². The van der Waals surface area contributed by atoms with Gasteiger partial charge in [0.2, 0.25) is 0 Å². The molecule has 0 atom stereocenters. The quantitative estimate of drug-likeness (QED) is 0.878. The number of carbonyl (C=O) groups excluding carboxylic acids is 1. The average Bonchev–Trinajstić information content (AvgIpc) is 2.47. The van der Waals surface area contributed by atoms with Crippen molar-refractivity contribution in [1.82, 2.24) is 9.88 Å². The molecule has 0 saturated carbocycles. The topological polar surface area (TPSA) is 59.2 Å². The first-order chi connectivity index (χ1) is 10.0. The van der Waals surface area contributed by atoms with Crippen LogP contribution in [-0.2, 0) is 6.54 Å². The first kappa shape index (κ1) is 15.0. The van der Waals surface area contributed by atoms with Crippen LogP contribution >= 0.6 is 0 Å². The van der Waals surface area contributed by atoms with E-state index in [1.165, 1.54) is 0 Å². The highest BCUT2D eigenvalue weighted by molar-refractivity contribution is 5.95. The predicted molar refractivity (Wildman–Crippen MR) is 85.0 cm³/mol. The summed E-state index contributed by atoms with van der Waals surface area (Å²) in [7, 11) is 0. The van der Waals surface area contributed by atoms with Gasteiger partial charge in [0.05, 0.1) is 12.2 Å². The van der Waals surface area contributed by atoms with E-state index in [1.807, 2.05) is 51.1 Å². The molecule has 0 saturated heterocycles. The zero-order valence-corrected chi connectivity index (χ0v) is 12.8. The highest BCUT2D eigenvalue weighted by atomic mass is 16.2. The Balaban J connectivity index is 2.20. The minimum atomic E-state index is -0.0208. The molecule has 1 amide bonds. The summed E-state index contributed by atoms with van der Waals surface area (Å²) in [5.74, 6) is -0.0208. The van der Waals surface area contributed by atoms with Gasteiger partial charge in [-0.25, -0.2) is 0 Å². The Hall–Kier alpha value is -2.36. The van der Waals surface area contributed by atoms with Crippen LogP contribution in [0.3, 0.4) is 0 Å². The van der Waals surface area contributed by atoms with E-state index in [2.05, 4.69) is 4.98 Å². The van der Waals surface area contributed by atoms with Crippen molar-refractivity contribution in [1.29, 1.82) is 0 Å². The molecule has 2 aromatic rings. The lowest BCUT2D eigenvalue weighted by atomic mass is 10.1. The summed E-state index contributed by atoms with van der Waals surface area (Å²) in [5, 5.41) is 0. The van der Waals surface area contributed by atoms with Crippen molar-refractivity contribution in [2.75, 3.05) is 12.3 Å². The van der Waals surface area contributed by atoms with Crippen molar-refractivity contribution in [3.8, 4) is 0 Å². The Kier molecular flexibility index (Phi) is 4.58. The standard InChI is InChI=1S/C17H21N3O/c1-4-20(11-15-7-5-6-13(3)19-15)17(21)14-9-8-12(2)16(18)10-14/h5-10H,4,11,18H2,1-3H3. The third-order valence-electron chi connectivity index (χ3n) is 3.49. The van der Waals surface area contributed by atoms with Gasteiger partial charge < -0.3 is 10.6 Å². The average molecular weight is 283 g/mol. The number of hydrogen-bond acceptors (Lipinski definition) is 3. The number of aryl methyl sites for hydroxylation is 2. The maximum Gasteiger partial charge on any atom is 0.254 e. The second-order valence-corrected chi connectivity index (χ2v) is 5.16. The van der Waals surface area contributed by atoms with E-state index in [1.54, 1.807) is 11.0 Å². The van der Waals surface area contributed by atoms with Crippen LogP contribution < -0.4 is 5.73 Å². The molecule has 2 N–H and O–H groups in total. The zero-order chi connectivity index (χ0) is 15.4. The fourth-order valence-electron chi connectivity index (χ4n) is 2.17. The Morgan fingerprint density at radius 1 is 1.24 bits per heavy atom. The molecule has 0 fully saturated rings. The molecular formula is C17H21N3O. The lowest BCUT2D eigenvalue weighted by Crippen LogP contribution is -2.30. The van der Waals surface area contributed by atoms with Gasteiger partial charge in [0.1, 0.15) is 0 Å². The predicted octanol–water partition coefficient (Wildman–Crippen LogP) is 2.94. The molecule has 0 bridgehead atoms. The third kappa shape index (κ3) is 3.60. The second-order valence-electron chi connectivity index (χ2n) is 5.16. The molecule has 0 unspecified atom stereocenters. The number of nitrogens with two attached hydrogens (primary N) is 1. The van der Waals surface area contributed by atoms with E-state index >= 15 is 0 Å². The van der Waals surface area contributed by atoms with Gasteiger partial charge in [-0.3, -0.25) is 9.78 Å². The number of benzene rings is 1. The normalized spacial score (nSPS) is 10.4. The van der Waals surface area contributed by atoms with E-state index in [-0.39, 0.29) is 5.91 Å². The summed E-state index contributed by atoms with van der Waals surface area (Å²) in [4.78, 5) is 18.8. The van der Waals surface area contributed by atoms with Crippen LogP contribution in [0.2, 0.25) is 0 Å². The van der Waals surface area contributed by atoms with Crippen LogP contribution in [0, 0.1) is 13.8 Å². The smallest absolute Gasteiger partial charge is 0.254 e. The molecule has 0 aliphatic rings. The molecule has 110 valence electrons. The summed E-state index contributed by atoms with van der Waals surface area (Å²) in [6, 6.07) is 11.3. The molecule has 0 aliphatic carbocycles. The van der Waals surface area contributed by atoms with Crippen LogP contribution in [0.15, 0.2) is 36.4 Å². The van der Waals surface area contributed by atoms with Gasteiger partial charge in [-0.15, -0.1) is 0 Å². The molecule has 4 nitrogen and oxygen atoms in total. The number of hydrogen-bond donors (Lipinski definition) is 1. The van der Waals surface area contributed by atoms with E-state index in [0.29, 0.717) is 24.3 Å². The second kappa shape index (κ2) is 6.39. The molecule has 1 heterocycles. The molecule has 0 aliphatic heterocycles. The highest BCUT2D eigenvalue weighted by Crippen LogP contribution is 2.15. The fourth-order valence-corrected chi connectivity index (χ4v) is 2.17. The van der Waals surface area contributed by atoms with Gasteiger partial charge >= 0.3 is 0 Å². The van der Waals surface area contributed by atoms with E-state index in [4.69, 9.17) is 5.73 Å². The number of nitrogen functional groups attached to an aromatic ring is 1. The summed E-state index contributed by atoms with van der Waals surface area (Å²) >= 11 is 0. The minimum Gasteiger partial charge on any atom is -0.398 e. The largest absolute Gasteiger partial charge is 0.398 e. The summed E-state index contributed by atoms with van der Waals surface area (Å²) in [6.07, 6.45) is 0. The Bertz CT molecular complexity index is 652. The van der Waals surface area contributed by atoms with Gasteiger partial charge in [0, 0.05) is 23.5 Å². The van der Waals surface area contributed by atoms with Gasteiger partial charge in [-0.05, 0) is 50.6 Å². The van der Waals surface area contributed by atoms with Crippen molar-refractivity contribution >= 4 is 11.6 Å². The van der Waals surface area contributed by atoms with E-state index in [9.17, 15) is 4.79 Å². The molecule has 2 rings (SSSR count). The number of rotatable bonds is 4. The van der Waals surface area contributed by atoms with Crippen molar-refractivity contribution in [2.24, 2.45) is 0 Å². The van der Waals surface area contributed by atoms with Gasteiger partial charge in [0.15, 0.2) is 0 Å². The Morgan fingerprint density at radius 2 is 2.00 bits per heavy atom. The first-order valence-corrected chi connectivity index (χ1v) is 7.09.